The van der Waals surface area contributed by atoms with Crippen molar-refractivity contribution in [1.29, 1.82) is 0 Å². The van der Waals surface area contributed by atoms with Crippen LogP contribution in [-0.2, 0) is 16.6 Å². The molecule has 4 nitrogen and oxygen atoms in total. The van der Waals surface area contributed by atoms with Crippen molar-refractivity contribution in [1.82, 2.24) is 9.97 Å². The van der Waals surface area contributed by atoms with Crippen molar-refractivity contribution in [2.24, 2.45) is 0 Å². The van der Waals surface area contributed by atoms with E-state index in [0.717, 1.165) is 11.3 Å². The summed E-state index contributed by atoms with van der Waals surface area (Å²) in [5.41, 5.74) is 1.99. The minimum atomic E-state index is -1.15. The molecule has 0 aliphatic rings. The van der Waals surface area contributed by atoms with Crippen molar-refractivity contribution in [2.75, 3.05) is 11.9 Å². The van der Waals surface area contributed by atoms with Crippen molar-refractivity contribution in [3.8, 4) is 0 Å². The summed E-state index contributed by atoms with van der Waals surface area (Å²) in [6.07, 6.45) is 5.07. The monoisotopic (exact) mass is 261 g/mol. The molecule has 2 rings (SSSR count). The van der Waals surface area contributed by atoms with Gasteiger partial charge in [-0.05, 0) is 11.6 Å². The molecule has 1 aromatic heterocycles. The van der Waals surface area contributed by atoms with E-state index in [-0.39, 0.29) is 0 Å². The minimum absolute atomic E-state index is 0.438. The van der Waals surface area contributed by atoms with Gasteiger partial charge in [-0.15, -0.1) is 6.58 Å². The molecule has 1 atom stereocenters. The van der Waals surface area contributed by atoms with Crippen molar-refractivity contribution < 1.29 is 4.21 Å². The number of benzene rings is 1. The van der Waals surface area contributed by atoms with Crippen LogP contribution in [0, 0.1) is 0 Å². The van der Waals surface area contributed by atoms with Crippen molar-refractivity contribution in [3.63, 3.8) is 0 Å². The molecule has 0 saturated carbocycles. The molecule has 18 heavy (non-hydrogen) atoms. The Morgan fingerprint density at radius 3 is 3.00 bits per heavy atom. The number of hydrogen-bond acceptors (Lipinski definition) is 3. The fourth-order valence-electron chi connectivity index (χ4n) is 1.59. The lowest BCUT2D eigenvalue weighted by molar-refractivity contribution is 0.677. The van der Waals surface area contributed by atoms with Gasteiger partial charge < -0.3 is 10.3 Å². The van der Waals surface area contributed by atoms with Crippen molar-refractivity contribution in [3.05, 3.63) is 54.9 Å². The average molecular weight is 261 g/mol. The standard InChI is InChI=1S/C13H15N3OS/c1-2-7-14-12-6-4-3-5-11(12)10-18(17)13-15-8-9-16-13/h2-6,8-9,14H,1,7,10H2,(H,15,16). The lowest BCUT2D eigenvalue weighted by atomic mass is 10.2. The first-order chi connectivity index (χ1) is 8.81. The second kappa shape index (κ2) is 6.16. The Morgan fingerprint density at radius 1 is 1.44 bits per heavy atom. The number of para-hydroxylation sites is 1. The summed E-state index contributed by atoms with van der Waals surface area (Å²) in [7, 11) is -1.15. The molecule has 0 bridgehead atoms. The fourth-order valence-corrected chi connectivity index (χ4v) is 2.63. The van der Waals surface area contributed by atoms with E-state index >= 15 is 0 Å². The van der Waals surface area contributed by atoms with Gasteiger partial charge in [0.1, 0.15) is 0 Å². The molecule has 0 spiro atoms. The van der Waals surface area contributed by atoms with Crippen molar-refractivity contribution in [2.45, 2.75) is 10.9 Å². The summed E-state index contributed by atoms with van der Waals surface area (Å²) < 4.78 is 12.1. The van der Waals surface area contributed by atoms with Crippen LogP contribution < -0.4 is 5.32 Å². The van der Waals surface area contributed by atoms with Crippen molar-refractivity contribution >= 4 is 16.5 Å². The van der Waals surface area contributed by atoms with Gasteiger partial charge in [-0.2, -0.15) is 0 Å². The summed E-state index contributed by atoms with van der Waals surface area (Å²) in [5, 5.41) is 3.74. The lowest BCUT2D eigenvalue weighted by Gasteiger charge is -2.09. The first-order valence-electron chi connectivity index (χ1n) is 5.61. The van der Waals surface area contributed by atoms with Crippen LogP contribution in [0.5, 0.6) is 0 Å². The largest absolute Gasteiger partial charge is 0.381 e. The molecule has 1 heterocycles. The Balaban J connectivity index is 2.13. The maximum Gasteiger partial charge on any atom is 0.196 e. The number of imidazole rings is 1. The second-order valence-corrected chi connectivity index (χ2v) is 5.08. The molecular formula is C13H15N3OS. The highest BCUT2D eigenvalue weighted by molar-refractivity contribution is 7.84. The fraction of sp³-hybridized carbons (Fsp3) is 0.154. The van der Waals surface area contributed by atoms with E-state index in [1.807, 2.05) is 24.3 Å². The third-order valence-corrected chi connectivity index (χ3v) is 3.66. The molecule has 0 radical (unpaired) electrons. The van der Waals surface area contributed by atoms with E-state index in [1.165, 1.54) is 0 Å². The topological polar surface area (TPSA) is 57.8 Å². The van der Waals surface area contributed by atoms with Gasteiger partial charge in [0.2, 0.25) is 0 Å². The van der Waals surface area contributed by atoms with E-state index in [0.29, 0.717) is 17.5 Å². The predicted octanol–water partition coefficient (Wildman–Crippen LogP) is 2.32. The molecule has 1 unspecified atom stereocenters. The minimum Gasteiger partial charge on any atom is -0.381 e. The maximum atomic E-state index is 12.1. The van der Waals surface area contributed by atoms with E-state index in [2.05, 4.69) is 21.9 Å². The zero-order valence-corrected chi connectivity index (χ0v) is 10.7. The summed E-state index contributed by atoms with van der Waals surface area (Å²) in [5.74, 6) is 0.438. The molecule has 1 aromatic carbocycles. The van der Waals surface area contributed by atoms with Crippen LogP contribution in [-0.4, -0.2) is 20.7 Å². The van der Waals surface area contributed by atoms with Gasteiger partial charge in [0.05, 0.1) is 16.6 Å². The molecule has 0 aliphatic carbocycles. The molecule has 0 aliphatic heterocycles. The zero-order chi connectivity index (χ0) is 12.8. The molecule has 2 N–H and O–H groups in total. The Bertz CT molecular complexity index is 537. The van der Waals surface area contributed by atoms with Gasteiger partial charge >= 0.3 is 0 Å². The first-order valence-corrected chi connectivity index (χ1v) is 6.93. The quantitative estimate of drug-likeness (QED) is 0.785. The molecule has 0 fully saturated rings. The van der Waals surface area contributed by atoms with Crippen LogP contribution in [0.2, 0.25) is 0 Å². The zero-order valence-electron chi connectivity index (χ0n) is 9.93. The Hall–Kier alpha value is -1.88. The molecule has 5 heteroatoms. The smallest absolute Gasteiger partial charge is 0.196 e. The molecule has 94 valence electrons. The molecule has 0 amide bonds. The van der Waals surface area contributed by atoms with Gasteiger partial charge in [-0.3, -0.25) is 4.21 Å². The Labute approximate surface area is 109 Å². The Kier molecular flexibility index (Phi) is 4.30. The number of aromatic amines is 1. The number of rotatable bonds is 6. The summed E-state index contributed by atoms with van der Waals surface area (Å²) in [6, 6.07) is 7.82. The molecule has 2 aromatic rings. The van der Waals surface area contributed by atoms with Gasteiger partial charge in [-0.25, -0.2) is 4.98 Å². The third kappa shape index (κ3) is 3.07. The van der Waals surface area contributed by atoms with Crippen LogP contribution in [0.1, 0.15) is 5.56 Å². The van der Waals surface area contributed by atoms with Crippen LogP contribution in [0.3, 0.4) is 0 Å². The summed E-state index contributed by atoms with van der Waals surface area (Å²) in [4.78, 5) is 6.88. The number of anilines is 1. The SMILES string of the molecule is C=CCNc1ccccc1CS(=O)c1ncc[nH]1. The van der Waals surface area contributed by atoms with E-state index in [1.54, 1.807) is 18.5 Å². The van der Waals surface area contributed by atoms with Crippen LogP contribution in [0.15, 0.2) is 54.5 Å². The third-order valence-electron chi connectivity index (χ3n) is 2.43. The van der Waals surface area contributed by atoms with Crippen LogP contribution >= 0.6 is 0 Å². The van der Waals surface area contributed by atoms with Crippen LogP contribution in [0.4, 0.5) is 5.69 Å². The van der Waals surface area contributed by atoms with Gasteiger partial charge in [0.25, 0.3) is 0 Å². The lowest BCUT2D eigenvalue weighted by Crippen LogP contribution is -2.04. The summed E-state index contributed by atoms with van der Waals surface area (Å²) >= 11 is 0. The number of aromatic nitrogens is 2. The van der Waals surface area contributed by atoms with Crippen LogP contribution in [0.25, 0.3) is 0 Å². The maximum absolute atomic E-state index is 12.1. The predicted molar refractivity (Wildman–Crippen MR) is 73.8 cm³/mol. The molecule has 0 saturated heterocycles. The van der Waals surface area contributed by atoms with E-state index < -0.39 is 10.8 Å². The van der Waals surface area contributed by atoms with E-state index in [9.17, 15) is 4.21 Å². The Morgan fingerprint density at radius 2 is 2.28 bits per heavy atom. The second-order valence-electron chi connectivity index (χ2n) is 3.71. The van der Waals surface area contributed by atoms with Gasteiger partial charge in [0, 0.05) is 24.6 Å². The molecular weight excluding hydrogens is 246 g/mol. The number of nitrogens with zero attached hydrogens (tertiary/aromatic N) is 1. The van der Waals surface area contributed by atoms with Gasteiger partial charge in [-0.1, -0.05) is 24.3 Å². The highest BCUT2D eigenvalue weighted by atomic mass is 32.2. The normalized spacial score (nSPS) is 12.0. The number of nitrogens with one attached hydrogen (secondary N) is 2. The number of H-pyrrole nitrogens is 1. The highest BCUT2D eigenvalue weighted by Gasteiger charge is 2.09. The summed E-state index contributed by atoms with van der Waals surface area (Å²) in [6.45, 7) is 4.35. The van der Waals surface area contributed by atoms with E-state index in [4.69, 9.17) is 0 Å². The average Bonchev–Trinajstić information content (AvgIpc) is 2.91. The number of hydrogen-bond donors (Lipinski definition) is 2. The van der Waals surface area contributed by atoms with Gasteiger partial charge in [0.15, 0.2) is 5.16 Å². The highest BCUT2D eigenvalue weighted by Crippen LogP contribution is 2.18. The first kappa shape index (κ1) is 12.6.